The number of esters is 1. The van der Waals surface area contributed by atoms with E-state index < -0.39 is 24.3 Å². The van der Waals surface area contributed by atoms with Crippen LogP contribution in [-0.4, -0.2) is 105 Å². The first-order valence-corrected chi connectivity index (χ1v) is 15.0. The van der Waals surface area contributed by atoms with Gasteiger partial charge in [-0.2, -0.15) is 0 Å². The molecule has 1 aromatic rings. The number of carbonyl (C=O) groups is 2. The summed E-state index contributed by atoms with van der Waals surface area (Å²) in [5.74, 6) is -1.18. The summed E-state index contributed by atoms with van der Waals surface area (Å²) < 4.78 is 31.8. The number of ether oxygens (including phenoxy) is 3. The predicted molar refractivity (Wildman–Crippen MR) is 160 cm³/mol. The van der Waals surface area contributed by atoms with Crippen LogP contribution in [0.25, 0.3) is 6.08 Å². The topological polar surface area (TPSA) is 91.8 Å². The van der Waals surface area contributed by atoms with E-state index in [1.807, 2.05) is 64.1 Å². The number of carbonyl (C=O) groups excluding carboxylic acids is 2. The SMILES string of the molecule is C/C(=C\c1cc(F)cc(N(C)C2COC2)c1)[C@H]1OC(=O)C[C@H](O)CC[C@H](C)[C@@H](OC(=O)N2CCN(C)CC2)/C=C\[C@@H]1C. The van der Waals surface area contributed by atoms with Gasteiger partial charge in [-0.05, 0) is 68.1 Å². The van der Waals surface area contributed by atoms with E-state index in [1.54, 1.807) is 4.90 Å². The predicted octanol–water partition coefficient (Wildman–Crippen LogP) is 4.10. The summed E-state index contributed by atoms with van der Waals surface area (Å²) in [5, 5.41) is 10.6. The van der Waals surface area contributed by atoms with Gasteiger partial charge in [-0.3, -0.25) is 4.79 Å². The number of nitrogens with zero attached hydrogens (tertiary/aromatic N) is 3. The van der Waals surface area contributed by atoms with Crippen LogP contribution >= 0.6 is 0 Å². The van der Waals surface area contributed by atoms with Crippen LogP contribution in [0.1, 0.15) is 45.6 Å². The van der Waals surface area contributed by atoms with Crippen molar-refractivity contribution in [2.24, 2.45) is 11.8 Å². The summed E-state index contributed by atoms with van der Waals surface area (Å²) in [5.41, 5.74) is 2.13. The van der Waals surface area contributed by atoms with Gasteiger partial charge < -0.3 is 34.0 Å². The molecule has 0 unspecified atom stereocenters. The molecule has 1 amide bonds. The summed E-state index contributed by atoms with van der Waals surface area (Å²) in [6.45, 7) is 9.81. The number of cyclic esters (lactones) is 1. The summed E-state index contributed by atoms with van der Waals surface area (Å²) in [4.78, 5) is 31.8. The zero-order valence-electron chi connectivity index (χ0n) is 25.5. The molecule has 0 spiro atoms. The second-order valence-corrected chi connectivity index (χ2v) is 12.1. The monoisotopic (exact) mass is 587 g/mol. The smallest absolute Gasteiger partial charge is 0.410 e. The molecule has 0 saturated carbocycles. The van der Waals surface area contributed by atoms with Gasteiger partial charge in [0.25, 0.3) is 0 Å². The molecular formula is C32H46FN3O6. The van der Waals surface area contributed by atoms with Crippen molar-refractivity contribution in [1.82, 2.24) is 9.80 Å². The van der Waals surface area contributed by atoms with Crippen molar-refractivity contribution in [3.05, 3.63) is 47.3 Å². The highest BCUT2D eigenvalue weighted by molar-refractivity contribution is 5.71. The van der Waals surface area contributed by atoms with Crippen molar-refractivity contribution in [3.8, 4) is 0 Å². The van der Waals surface area contributed by atoms with E-state index >= 15 is 0 Å². The van der Waals surface area contributed by atoms with E-state index in [9.17, 15) is 19.1 Å². The number of halogens is 1. The van der Waals surface area contributed by atoms with Crippen LogP contribution in [0.2, 0.25) is 0 Å². The number of benzene rings is 1. The molecule has 3 heterocycles. The lowest BCUT2D eigenvalue weighted by Gasteiger charge is -2.36. The standard InChI is InChI=1S/C32H46FN3O6/c1-21-6-8-28(37)18-30(38)42-31(22(2)7-9-29(21)41-32(39)36-12-10-34(4)11-13-36)23(3)14-24-15-25(33)17-26(16-24)35(5)27-19-40-20-27/h7,9,14-17,21-22,27-29,31,37H,6,8,10-13,18-20H2,1-5H3/b9-7-,23-14+/t21-,22-,28+,29-,31-/m0/s1. The van der Waals surface area contributed by atoms with Crippen LogP contribution in [0.4, 0.5) is 14.9 Å². The minimum Gasteiger partial charge on any atom is -0.457 e. The van der Waals surface area contributed by atoms with Gasteiger partial charge in [0.15, 0.2) is 0 Å². The molecule has 0 aromatic heterocycles. The number of rotatable bonds is 5. The van der Waals surface area contributed by atoms with Crippen LogP contribution in [0.15, 0.2) is 35.9 Å². The Labute approximate surface area is 248 Å². The lowest BCUT2D eigenvalue weighted by atomic mass is 9.91. The van der Waals surface area contributed by atoms with E-state index in [0.29, 0.717) is 44.7 Å². The van der Waals surface area contributed by atoms with Crippen molar-refractivity contribution in [2.45, 2.75) is 64.4 Å². The zero-order chi connectivity index (χ0) is 30.4. The number of hydrogen-bond acceptors (Lipinski definition) is 8. The first kappa shape index (κ1) is 32.0. The Balaban J connectivity index is 1.56. The van der Waals surface area contributed by atoms with E-state index in [0.717, 1.165) is 24.4 Å². The fourth-order valence-electron chi connectivity index (χ4n) is 5.52. The van der Waals surface area contributed by atoms with Gasteiger partial charge in [-0.25, -0.2) is 9.18 Å². The molecule has 4 rings (SSSR count). The fourth-order valence-corrected chi connectivity index (χ4v) is 5.52. The third-order valence-corrected chi connectivity index (χ3v) is 8.58. The molecule has 3 aliphatic heterocycles. The molecule has 42 heavy (non-hydrogen) atoms. The molecule has 2 fully saturated rings. The normalized spacial score (nSPS) is 29.5. The maximum absolute atomic E-state index is 14.6. The van der Waals surface area contributed by atoms with Gasteiger partial charge in [-0.15, -0.1) is 0 Å². The van der Waals surface area contributed by atoms with Gasteiger partial charge in [0.1, 0.15) is 18.0 Å². The molecule has 5 atom stereocenters. The highest BCUT2D eigenvalue weighted by atomic mass is 19.1. The Morgan fingerprint density at radius 1 is 1.12 bits per heavy atom. The number of anilines is 1. The highest BCUT2D eigenvalue weighted by Crippen LogP contribution is 2.28. The maximum atomic E-state index is 14.6. The Hall–Kier alpha value is -2.95. The second-order valence-electron chi connectivity index (χ2n) is 12.1. The largest absolute Gasteiger partial charge is 0.457 e. The van der Waals surface area contributed by atoms with Gasteiger partial charge >= 0.3 is 12.1 Å². The van der Waals surface area contributed by atoms with Crippen molar-refractivity contribution < 1.29 is 33.3 Å². The number of likely N-dealkylation sites (N-methyl/N-ethyl adjacent to an activating group) is 2. The minimum atomic E-state index is -0.866. The van der Waals surface area contributed by atoms with E-state index in [1.165, 1.54) is 12.1 Å². The van der Waals surface area contributed by atoms with Crippen molar-refractivity contribution in [2.75, 3.05) is 58.4 Å². The second kappa shape index (κ2) is 14.5. The average molecular weight is 588 g/mol. The Morgan fingerprint density at radius 2 is 1.83 bits per heavy atom. The molecule has 0 aliphatic carbocycles. The highest BCUT2D eigenvalue weighted by Gasteiger charge is 2.29. The minimum absolute atomic E-state index is 0.0613. The number of piperazine rings is 1. The van der Waals surface area contributed by atoms with E-state index in [4.69, 9.17) is 14.2 Å². The molecule has 2 saturated heterocycles. The van der Waals surface area contributed by atoms with Crippen molar-refractivity contribution >= 4 is 23.8 Å². The quantitative estimate of drug-likeness (QED) is 0.407. The number of hydrogen-bond donors (Lipinski definition) is 1. The van der Waals surface area contributed by atoms with Crippen LogP contribution in [0.5, 0.6) is 0 Å². The molecule has 1 aromatic carbocycles. The summed E-state index contributed by atoms with van der Waals surface area (Å²) >= 11 is 0. The first-order chi connectivity index (χ1) is 20.0. The van der Waals surface area contributed by atoms with Crippen LogP contribution in [-0.2, 0) is 19.0 Å². The Bertz CT molecular complexity index is 1150. The number of aliphatic hydroxyl groups is 1. The molecule has 232 valence electrons. The fraction of sp³-hybridized carbons (Fsp3) is 0.625. The zero-order valence-corrected chi connectivity index (χ0v) is 25.5. The summed E-state index contributed by atoms with van der Waals surface area (Å²) in [6, 6.07) is 5.06. The first-order valence-electron chi connectivity index (χ1n) is 15.0. The molecule has 0 bridgehead atoms. The average Bonchev–Trinajstić information content (AvgIpc) is 2.90. The van der Waals surface area contributed by atoms with Gasteiger partial charge in [-0.1, -0.05) is 26.0 Å². The van der Waals surface area contributed by atoms with Crippen LogP contribution in [0, 0.1) is 17.7 Å². The van der Waals surface area contributed by atoms with Gasteiger partial charge in [0, 0.05) is 44.8 Å². The molecule has 9 nitrogen and oxygen atoms in total. The number of amides is 1. The van der Waals surface area contributed by atoms with Crippen molar-refractivity contribution in [1.29, 1.82) is 0 Å². The summed E-state index contributed by atoms with van der Waals surface area (Å²) in [6.07, 6.45) is 4.10. The Kier molecular flexibility index (Phi) is 11.0. The molecule has 1 N–H and O–H groups in total. The summed E-state index contributed by atoms with van der Waals surface area (Å²) in [7, 11) is 3.95. The molecular weight excluding hydrogens is 541 g/mol. The van der Waals surface area contributed by atoms with Crippen molar-refractivity contribution in [3.63, 3.8) is 0 Å². The van der Waals surface area contributed by atoms with Crippen LogP contribution in [0.3, 0.4) is 0 Å². The maximum Gasteiger partial charge on any atom is 0.410 e. The third-order valence-electron chi connectivity index (χ3n) is 8.58. The Morgan fingerprint density at radius 3 is 2.50 bits per heavy atom. The molecule has 10 heteroatoms. The van der Waals surface area contributed by atoms with E-state index in [-0.39, 0.29) is 36.2 Å². The molecule has 3 aliphatic rings. The lowest BCUT2D eigenvalue weighted by Crippen LogP contribution is -2.48. The third kappa shape index (κ3) is 8.55. The van der Waals surface area contributed by atoms with Gasteiger partial charge in [0.2, 0.25) is 0 Å². The van der Waals surface area contributed by atoms with E-state index in [2.05, 4.69) is 4.90 Å². The number of aliphatic hydroxyl groups excluding tert-OH is 1. The lowest BCUT2D eigenvalue weighted by molar-refractivity contribution is -0.151. The molecule has 0 radical (unpaired) electrons. The van der Waals surface area contributed by atoms with Crippen LogP contribution < -0.4 is 4.90 Å². The van der Waals surface area contributed by atoms with Gasteiger partial charge in [0.05, 0.1) is 31.8 Å².